The van der Waals surface area contributed by atoms with E-state index in [1.807, 2.05) is 18.2 Å². The van der Waals surface area contributed by atoms with Gasteiger partial charge in [-0.25, -0.2) is 9.97 Å². The Bertz CT molecular complexity index is 543. The van der Waals surface area contributed by atoms with Crippen LogP contribution in [-0.4, -0.2) is 9.97 Å². The summed E-state index contributed by atoms with van der Waals surface area (Å²) in [6.45, 7) is 2.05. The molecule has 2 aromatic rings. The third-order valence-electron chi connectivity index (χ3n) is 2.99. The van der Waals surface area contributed by atoms with Gasteiger partial charge in [-0.05, 0) is 25.0 Å². The van der Waals surface area contributed by atoms with E-state index in [0.717, 1.165) is 17.9 Å². The number of aromatic nitrogens is 2. The van der Waals surface area contributed by atoms with Gasteiger partial charge in [-0.3, -0.25) is 0 Å². The smallest absolute Gasteiger partial charge is 0.197 e. The lowest BCUT2D eigenvalue weighted by Gasteiger charge is -2.02. The molecule has 4 nitrogen and oxygen atoms in total. The largest absolute Gasteiger partial charge is 0.458 e. The molecule has 0 spiro atoms. The molecular weight excluding hydrogens is 214 g/mol. The summed E-state index contributed by atoms with van der Waals surface area (Å²) in [5, 5.41) is 0. The maximum Gasteiger partial charge on any atom is 0.197 e. The molecule has 3 rings (SSSR count). The van der Waals surface area contributed by atoms with E-state index < -0.39 is 0 Å². The fraction of sp³-hybridized carbons (Fsp3) is 0.385. The molecule has 1 aliphatic carbocycles. The summed E-state index contributed by atoms with van der Waals surface area (Å²) in [7, 11) is 0. The molecule has 1 aliphatic rings. The van der Waals surface area contributed by atoms with Crippen molar-refractivity contribution in [1.29, 1.82) is 0 Å². The molecule has 0 bridgehead atoms. The number of rotatable bonds is 3. The number of furan rings is 1. The Morgan fingerprint density at radius 1 is 1.35 bits per heavy atom. The van der Waals surface area contributed by atoms with E-state index in [9.17, 15) is 0 Å². The summed E-state index contributed by atoms with van der Waals surface area (Å²) >= 11 is 0. The van der Waals surface area contributed by atoms with Crippen LogP contribution in [0, 0.1) is 0 Å². The van der Waals surface area contributed by atoms with Crippen LogP contribution in [0.5, 0.6) is 0 Å². The van der Waals surface area contributed by atoms with E-state index in [2.05, 4.69) is 16.9 Å². The second-order valence-corrected chi connectivity index (χ2v) is 4.44. The first-order valence-electron chi connectivity index (χ1n) is 6.00. The van der Waals surface area contributed by atoms with Crippen LogP contribution in [0.15, 0.2) is 22.6 Å². The molecule has 0 saturated heterocycles. The number of hydrogen-bond acceptors (Lipinski definition) is 4. The first kappa shape index (κ1) is 10.3. The Hall–Kier alpha value is -1.84. The van der Waals surface area contributed by atoms with Gasteiger partial charge in [-0.15, -0.1) is 0 Å². The summed E-state index contributed by atoms with van der Waals surface area (Å²) in [6.07, 6.45) is 3.28. The van der Waals surface area contributed by atoms with Crippen LogP contribution in [0.2, 0.25) is 0 Å². The Morgan fingerprint density at radius 3 is 2.82 bits per heavy atom. The summed E-state index contributed by atoms with van der Waals surface area (Å²) in [4.78, 5) is 8.76. The normalized spacial score (nSPS) is 15.1. The molecule has 0 atom stereocenters. The highest BCUT2D eigenvalue weighted by Crippen LogP contribution is 2.39. The third-order valence-corrected chi connectivity index (χ3v) is 2.99. The van der Waals surface area contributed by atoms with Crippen molar-refractivity contribution in [2.45, 2.75) is 32.1 Å². The van der Waals surface area contributed by atoms with Crippen molar-refractivity contribution in [3.8, 4) is 11.6 Å². The minimum Gasteiger partial charge on any atom is -0.458 e. The highest BCUT2D eigenvalue weighted by molar-refractivity contribution is 5.51. The molecule has 0 amide bonds. The number of nitrogens with two attached hydrogens (primary N) is 1. The molecule has 17 heavy (non-hydrogen) atoms. The number of aryl methyl sites for hydroxylation is 1. The Labute approximate surface area is 99.9 Å². The van der Waals surface area contributed by atoms with E-state index in [4.69, 9.17) is 10.2 Å². The zero-order chi connectivity index (χ0) is 11.8. The predicted octanol–water partition coefficient (Wildman–Crippen LogP) is 2.76. The van der Waals surface area contributed by atoms with Crippen LogP contribution in [0.1, 0.15) is 37.1 Å². The average molecular weight is 229 g/mol. The fourth-order valence-corrected chi connectivity index (χ4v) is 1.87. The summed E-state index contributed by atoms with van der Waals surface area (Å²) in [5.41, 5.74) is 6.85. The Balaban J connectivity index is 2.01. The maximum atomic E-state index is 5.81. The lowest BCUT2D eigenvalue weighted by atomic mass is 10.2. The van der Waals surface area contributed by atoms with Crippen LogP contribution >= 0.6 is 0 Å². The molecule has 1 saturated carbocycles. The Morgan fingerprint density at radius 2 is 2.18 bits per heavy atom. The standard InChI is InChI=1S/C13H15N3O/c1-2-9-5-6-11(17-9)13-15-10(8-3-4-8)7-12(14)16-13/h5-8H,2-4H2,1H3,(H2,14,15,16). The molecule has 2 heterocycles. The third kappa shape index (κ3) is 2.02. The highest BCUT2D eigenvalue weighted by Gasteiger charge is 2.26. The minimum atomic E-state index is 0.520. The SMILES string of the molecule is CCc1ccc(-c2nc(N)cc(C3CC3)n2)o1. The molecule has 2 N–H and O–H groups in total. The van der Waals surface area contributed by atoms with Gasteiger partial charge in [0.25, 0.3) is 0 Å². The molecule has 0 aliphatic heterocycles. The van der Waals surface area contributed by atoms with Crippen molar-refractivity contribution < 1.29 is 4.42 Å². The predicted molar refractivity (Wildman–Crippen MR) is 65.5 cm³/mol. The lowest BCUT2D eigenvalue weighted by Crippen LogP contribution is -1.98. The number of hydrogen-bond donors (Lipinski definition) is 1. The van der Waals surface area contributed by atoms with Gasteiger partial charge in [0.1, 0.15) is 11.6 Å². The quantitative estimate of drug-likeness (QED) is 0.878. The van der Waals surface area contributed by atoms with Gasteiger partial charge in [0.2, 0.25) is 0 Å². The van der Waals surface area contributed by atoms with Crippen molar-refractivity contribution in [2.75, 3.05) is 5.73 Å². The first-order valence-corrected chi connectivity index (χ1v) is 6.00. The molecule has 2 aromatic heterocycles. The summed E-state index contributed by atoms with van der Waals surface area (Å²) in [5.74, 6) is 3.34. The number of nitrogens with zero attached hydrogens (tertiary/aromatic N) is 2. The molecule has 0 unspecified atom stereocenters. The van der Waals surface area contributed by atoms with Gasteiger partial charge in [-0.1, -0.05) is 6.92 Å². The average Bonchev–Trinajstić information content (AvgIpc) is 3.06. The minimum absolute atomic E-state index is 0.520. The van der Waals surface area contributed by atoms with E-state index in [1.54, 1.807) is 0 Å². The highest BCUT2D eigenvalue weighted by atomic mass is 16.3. The van der Waals surface area contributed by atoms with Crippen LogP contribution in [0.3, 0.4) is 0 Å². The second-order valence-electron chi connectivity index (χ2n) is 4.44. The van der Waals surface area contributed by atoms with E-state index in [0.29, 0.717) is 23.3 Å². The van der Waals surface area contributed by atoms with Crippen LogP contribution in [-0.2, 0) is 6.42 Å². The van der Waals surface area contributed by atoms with Crippen LogP contribution in [0.25, 0.3) is 11.6 Å². The van der Waals surface area contributed by atoms with Crippen molar-refractivity contribution in [3.63, 3.8) is 0 Å². The topological polar surface area (TPSA) is 64.9 Å². The van der Waals surface area contributed by atoms with Crippen LogP contribution in [0.4, 0.5) is 5.82 Å². The van der Waals surface area contributed by atoms with Gasteiger partial charge in [0, 0.05) is 24.1 Å². The van der Waals surface area contributed by atoms with Crippen LogP contribution < -0.4 is 5.73 Å². The van der Waals surface area contributed by atoms with Gasteiger partial charge in [0.15, 0.2) is 11.6 Å². The maximum absolute atomic E-state index is 5.81. The fourth-order valence-electron chi connectivity index (χ4n) is 1.87. The van der Waals surface area contributed by atoms with E-state index in [-0.39, 0.29) is 0 Å². The van der Waals surface area contributed by atoms with Crippen molar-refractivity contribution in [2.24, 2.45) is 0 Å². The van der Waals surface area contributed by atoms with Gasteiger partial charge >= 0.3 is 0 Å². The van der Waals surface area contributed by atoms with Gasteiger partial charge in [0.05, 0.1) is 0 Å². The van der Waals surface area contributed by atoms with E-state index in [1.165, 1.54) is 12.8 Å². The van der Waals surface area contributed by atoms with Crippen molar-refractivity contribution in [1.82, 2.24) is 9.97 Å². The van der Waals surface area contributed by atoms with E-state index >= 15 is 0 Å². The summed E-state index contributed by atoms with van der Waals surface area (Å²) in [6, 6.07) is 5.73. The van der Waals surface area contributed by atoms with Gasteiger partial charge in [-0.2, -0.15) is 0 Å². The summed E-state index contributed by atoms with van der Waals surface area (Å²) < 4.78 is 5.65. The molecule has 0 radical (unpaired) electrons. The van der Waals surface area contributed by atoms with Crippen molar-refractivity contribution in [3.05, 3.63) is 29.7 Å². The number of nitrogen functional groups attached to an aromatic ring is 1. The van der Waals surface area contributed by atoms with Gasteiger partial charge < -0.3 is 10.2 Å². The lowest BCUT2D eigenvalue weighted by molar-refractivity contribution is 0.525. The molecule has 1 fully saturated rings. The zero-order valence-corrected chi connectivity index (χ0v) is 9.81. The second kappa shape index (κ2) is 3.87. The molecule has 88 valence electrons. The van der Waals surface area contributed by atoms with Crippen molar-refractivity contribution >= 4 is 5.82 Å². The molecule has 4 heteroatoms. The number of anilines is 1. The molecule has 0 aromatic carbocycles. The zero-order valence-electron chi connectivity index (χ0n) is 9.81. The Kier molecular flexibility index (Phi) is 2.35. The molecular formula is C13H15N3O. The monoisotopic (exact) mass is 229 g/mol. The first-order chi connectivity index (χ1) is 8.26.